The van der Waals surface area contributed by atoms with Crippen LogP contribution in [0, 0.1) is 16.0 Å². The first-order chi connectivity index (χ1) is 10.0. The number of nitrogens with zero attached hydrogens (tertiary/aromatic N) is 3. The average Bonchev–Trinajstić information content (AvgIpc) is 2.95. The zero-order valence-electron chi connectivity index (χ0n) is 11.6. The molecule has 0 aromatic carbocycles. The topological polar surface area (TPSA) is 112 Å². The normalized spacial score (nSPS) is 29.0. The lowest BCUT2D eigenvalue weighted by molar-refractivity contribution is -0.385. The highest BCUT2D eigenvalue weighted by molar-refractivity contribution is 5.96. The number of likely N-dealkylation sites (tertiary alicyclic amines) is 1. The van der Waals surface area contributed by atoms with Gasteiger partial charge in [-0.15, -0.1) is 0 Å². The highest BCUT2D eigenvalue weighted by atomic mass is 16.6. The maximum atomic E-state index is 12.4. The molecule has 2 atom stereocenters. The molecular weight excluding hydrogens is 276 g/mol. The van der Waals surface area contributed by atoms with Gasteiger partial charge in [-0.05, 0) is 19.3 Å². The molecule has 1 saturated heterocycles. The molecule has 1 saturated carbocycles. The molecule has 8 heteroatoms. The van der Waals surface area contributed by atoms with Crippen molar-refractivity contribution in [1.82, 2.24) is 15.1 Å². The van der Waals surface area contributed by atoms with Gasteiger partial charge in [-0.3, -0.25) is 20.0 Å². The highest BCUT2D eigenvalue weighted by Gasteiger charge is 2.44. The Bertz CT molecular complexity index is 572. The second-order valence-electron chi connectivity index (χ2n) is 5.93. The number of carbonyl (C=O) groups excluding carboxylic acids is 1. The summed E-state index contributed by atoms with van der Waals surface area (Å²) < 4.78 is 0. The van der Waals surface area contributed by atoms with E-state index in [1.54, 1.807) is 4.90 Å². The molecule has 2 heterocycles. The third-order valence-corrected chi connectivity index (χ3v) is 4.74. The fourth-order valence-corrected chi connectivity index (χ4v) is 3.49. The fraction of sp³-hybridized carbons (Fsp3) is 0.692. The van der Waals surface area contributed by atoms with Crippen molar-refractivity contribution in [3.63, 3.8) is 0 Å². The van der Waals surface area contributed by atoms with Crippen LogP contribution in [0.25, 0.3) is 0 Å². The van der Waals surface area contributed by atoms with E-state index in [2.05, 4.69) is 10.2 Å². The molecule has 0 spiro atoms. The van der Waals surface area contributed by atoms with Crippen molar-refractivity contribution in [2.24, 2.45) is 5.92 Å². The number of aliphatic hydroxyl groups is 1. The number of piperidine rings is 1. The molecule has 1 aromatic rings. The zero-order valence-corrected chi connectivity index (χ0v) is 11.6. The summed E-state index contributed by atoms with van der Waals surface area (Å²) in [6.45, 7) is 0.869. The van der Waals surface area contributed by atoms with Crippen LogP contribution in [0.15, 0.2) is 6.20 Å². The second kappa shape index (κ2) is 5.10. The smallest absolute Gasteiger partial charge is 0.319 e. The number of fused-ring (bicyclic) bond motifs is 1. The van der Waals surface area contributed by atoms with E-state index in [9.17, 15) is 20.0 Å². The Labute approximate surface area is 121 Å². The maximum absolute atomic E-state index is 12.4. The molecule has 21 heavy (non-hydrogen) atoms. The van der Waals surface area contributed by atoms with E-state index in [0.717, 1.165) is 31.9 Å². The highest BCUT2D eigenvalue weighted by Crippen LogP contribution is 2.40. The average molecular weight is 294 g/mol. The number of hydrogen-bond donors (Lipinski definition) is 2. The van der Waals surface area contributed by atoms with E-state index >= 15 is 0 Å². The lowest BCUT2D eigenvalue weighted by atomic mass is 9.71. The fourth-order valence-electron chi connectivity index (χ4n) is 3.49. The molecule has 0 bridgehead atoms. The minimum Gasteiger partial charge on any atom is -0.389 e. The van der Waals surface area contributed by atoms with Gasteiger partial charge in [0, 0.05) is 19.0 Å². The summed E-state index contributed by atoms with van der Waals surface area (Å²) in [5.74, 6) is -0.349. The summed E-state index contributed by atoms with van der Waals surface area (Å²) >= 11 is 0. The number of nitro groups is 1. The molecule has 0 radical (unpaired) electrons. The van der Waals surface area contributed by atoms with E-state index in [-0.39, 0.29) is 17.3 Å². The largest absolute Gasteiger partial charge is 0.389 e. The van der Waals surface area contributed by atoms with Crippen LogP contribution in [0.2, 0.25) is 0 Å². The number of nitrogens with one attached hydrogen (secondary N) is 1. The summed E-state index contributed by atoms with van der Waals surface area (Å²) in [7, 11) is 0. The number of rotatable bonds is 2. The molecule has 2 aliphatic rings. The van der Waals surface area contributed by atoms with Crippen LogP contribution in [0.4, 0.5) is 5.69 Å². The Balaban J connectivity index is 1.77. The van der Waals surface area contributed by atoms with Gasteiger partial charge in [0.05, 0.1) is 10.5 Å². The van der Waals surface area contributed by atoms with Crippen molar-refractivity contribution in [1.29, 1.82) is 0 Å². The summed E-state index contributed by atoms with van der Waals surface area (Å²) in [5, 5.41) is 27.5. The van der Waals surface area contributed by atoms with E-state index < -0.39 is 16.4 Å². The minimum absolute atomic E-state index is 0.0610. The monoisotopic (exact) mass is 294 g/mol. The molecule has 1 aromatic heterocycles. The Morgan fingerprint density at radius 1 is 1.52 bits per heavy atom. The van der Waals surface area contributed by atoms with Crippen molar-refractivity contribution < 1.29 is 14.8 Å². The summed E-state index contributed by atoms with van der Waals surface area (Å²) in [6.07, 6.45) is 5.33. The predicted octanol–water partition coefficient (Wildman–Crippen LogP) is 1.09. The first-order valence-electron chi connectivity index (χ1n) is 7.21. The number of carbonyl (C=O) groups is 1. The Hall–Kier alpha value is -1.96. The first-order valence-corrected chi connectivity index (χ1v) is 7.21. The molecule has 114 valence electrons. The Morgan fingerprint density at radius 3 is 3.10 bits per heavy atom. The van der Waals surface area contributed by atoms with E-state index in [1.165, 1.54) is 0 Å². The van der Waals surface area contributed by atoms with Crippen molar-refractivity contribution in [2.75, 3.05) is 13.1 Å². The van der Waals surface area contributed by atoms with Crippen LogP contribution in [0.1, 0.15) is 42.6 Å². The van der Waals surface area contributed by atoms with Gasteiger partial charge in [0.25, 0.3) is 5.91 Å². The third kappa shape index (κ3) is 2.39. The summed E-state index contributed by atoms with van der Waals surface area (Å²) in [4.78, 5) is 24.3. The number of hydrogen-bond acceptors (Lipinski definition) is 5. The molecule has 8 nitrogen and oxygen atoms in total. The van der Waals surface area contributed by atoms with Crippen LogP contribution in [0.5, 0.6) is 0 Å². The number of aromatic nitrogens is 2. The van der Waals surface area contributed by atoms with Crippen LogP contribution in [0.3, 0.4) is 0 Å². The van der Waals surface area contributed by atoms with Gasteiger partial charge in [0.15, 0.2) is 0 Å². The van der Waals surface area contributed by atoms with Crippen LogP contribution >= 0.6 is 0 Å². The van der Waals surface area contributed by atoms with Gasteiger partial charge in [-0.2, -0.15) is 5.10 Å². The number of aromatic amines is 1. The van der Waals surface area contributed by atoms with Crippen molar-refractivity contribution in [3.05, 3.63) is 22.0 Å². The van der Waals surface area contributed by atoms with Gasteiger partial charge in [0.2, 0.25) is 5.69 Å². The summed E-state index contributed by atoms with van der Waals surface area (Å²) in [6, 6.07) is 0. The molecule has 2 fully saturated rings. The van der Waals surface area contributed by atoms with Crippen molar-refractivity contribution in [2.45, 2.75) is 37.7 Å². The minimum atomic E-state index is -0.672. The zero-order chi connectivity index (χ0) is 15.0. The number of H-pyrrole nitrogens is 1. The lowest BCUT2D eigenvalue weighted by Gasteiger charge is -2.47. The van der Waals surface area contributed by atoms with Gasteiger partial charge in [0.1, 0.15) is 6.20 Å². The first kappa shape index (κ1) is 14.0. The van der Waals surface area contributed by atoms with Crippen molar-refractivity contribution >= 4 is 11.6 Å². The molecule has 2 N–H and O–H groups in total. The number of amides is 1. The quantitative estimate of drug-likeness (QED) is 0.626. The predicted molar refractivity (Wildman–Crippen MR) is 72.7 cm³/mol. The van der Waals surface area contributed by atoms with E-state index in [0.29, 0.717) is 19.5 Å². The molecule has 1 aliphatic carbocycles. The maximum Gasteiger partial charge on any atom is 0.319 e. The SMILES string of the molecule is O=C(c1[nH]ncc1[N+](=O)[O-])N1CCC2(O)CCCCC2C1. The van der Waals surface area contributed by atoms with Crippen LogP contribution < -0.4 is 0 Å². The van der Waals surface area contributed by atoms with Crippen molar-refractivity contribution in [3.8, 4) is 0 Å². The molecule has 1 amide bonds. The standard InChI is InChI=1S/C13H18N4O4/c18-12(11-10(17(20)21)7-14-15-11)16-6-5-13(19)4-2-1-3-9(13)8-16/h7,9,19H,1-6,8H2,(H,14,15). The third-order valence-electron chi connectivity index (χ3n) is 4.74. The second-order valence-corrected chi connectivity index (χ2v) is 5.93. The Kier molecular flexibility index (Phi) is 3.40. The van der Waals surface area contributed by atoms with E-state index in [1.807, 2.05) is 0 Å². The van der Waals surface area contributed by atoms with Crippen LogP contribution in [-0.2, 0) is 0 Å². The molecular formula is C13H18N4O4. The van der Waals surface area contributed by atoms with E-state index in [4.69, 9.17) is 0 Å². The van der Waals surface area contributed by atoms with Gasteiger partial charge >= 0.3 is 5.69 Å². The molecule has 3 rings (SSSR count). The molecule has 2 unspecified atom stereocenters. The van der Waals surface area contributed by atoms with Gasteiger partial charge in [-0.1, -0.05) is 12.8 Å². The summed E-state index contributed by atoms with van der Waals surface area (Å²) in [5.41, 5.74) is -1.06. The molecule has 1 aliphatic heterocycles. The van der Waals surface area contributed by atoms with Crippen LogP contribution in [-0.4, -0.2) is 49.7 Å². The lowest BCUT2D eigenvalue weighted by Crippen LogP contribution is -2.54. The Morgan fingerprint density at radius 2 is 2.33 bits per heavy atom. The van der Waals surface area contributed by atoms with Gasteiger partial charge in [-0.25, -0.2) is 0 Å². The van der Waals surface area contributed by atoms with Gasteiger partial charge < -0.3 is 10.0 Å².